The lowest BCUT2D eigenvalue weighted by Gasteiger charge is -2.21. The Morgan fingerprint density at radius 2 is 1.65 bits per heavy atom. The lowest BCUT2D eigenvalue weighted by molar-refractivity contribution is -0.142. The summed E-state index contributed by atoms with van der Waals surface area (Å²) in [4.78, 5) is 59.0. The highest BCUT2D eigenvalue weighted by Crippen LogP contribution is 2.04. The van der Waals surface area contributed by atoms with Gasteiger partial charge in [0, 0.05) is 6.42 Å². The first-order valence-electron chi connectivity index (χ1n) is 9.95. The van der Waals surface area contributed by atoms with Gasteiger partial charge in [-0.2, -0.15) is 11.8 Å². The van der Waals surface area contributed by atoms with E-state index in [0.717, 1.165) is 6.42 Å². The molecule has 0 aromatic heterocycles. The number of carboxylic acids is 1. The molecule has 178 valence electrons. The SMILES string of the molecule is CSCCC(NC(=O)C(CCC(N)=O)NC(=O)CNC(=O)C(N)CCCCN)C(=O)O. The van der Waals surface area contributed by atoms with Crippen molar-refractivity contribution in [3.8, 4) is 0 Å². The van der Waals surface area contributed by atoms with Gasteiger partial charge in [-0.3, -0.25) is 19.2 Å². The molecule has 0 aromatic carbocycles. The van der Waals surface area contributed by atoms with Crippen LogP contribution in [0.4, 0.5) is 0 Å². The highest BCUT2D eigenvalue weighted by Gasteiger charge is 2.27. The van der Waals surface area contributed by atoms with Crippen LogP contribution in [0.2, 0.25) is 0 Å². The van der Waals surface area contributed by atoms with Crippen molar-refractivity contribution < 1.29 is 29.1 Å². The highest BCUT2D eigenvalue weighted by atomic mass is 32.2. The maximum Gasteiger partial charge on any atom is 0.326 e. The monoisotopic (exact) mass is 462 g/mol. The summed E-state index contributed by atoms with van der Waals surface area (Å²) < 4.78 is 0. The van der Waals surface area contributed by atoms with Gasteiger partial charge >= 0.3 is 5.97 Å². The average Bonchev–Trinajstić information content (AvgIpc) is 2.71. The van der Waals surface area contributed by atoms with E-state index < -0.39 is 54.3 Å². The number of rotatable bonds is 17. The predicted octanol–water partition coefficient (Wildman–Crippen LogP) is -2.37. The minimum absolute atomic E-state index is 0.117. The Morgan fingerprint density at radius 3 is 2.19 bits per heavy atom. The Kier molecular flexibility index (Phi) is 15.1. The molecule has 0 aliphatic rings. The summed E-state index contributed by atoms with van der Waals surface area (Å²) in [7, 11) is 0. The maximum atomic E-state index is 12.5. The summed E-state index contributed by atoms with van der Waals surface area (Å²) in [6, 6.07) is -3.12. The number of hydrogen-bond donors (Lipinski definition) is 7. The Labute approximate surface area is 185 Å². The first kappa shape index (κ1) is 28.6. The molecule has 31 heavy (non-hydrogen) atoms. The van der Waals surface area contributed by atoms with Gasteiger partial charge in [0.1, 0.15) is 12.1 Å². The Hall–Kier alpha value is -2.38. The predicted molar refractivity (Wildman–Crippen MR) is 117 cm³/mol. The second-order valence-electron chi connectivity index (χ2n) is 6.91. The van der Waals surface area contributed by atoms with Crippen LogP contribution < -0.4 is 33.2 Å². The average molecular weight is 463 g/mol. The van der Waals surface area contributed by atoms with Crippen molar-refractivity contribution >= 4 is 41.4 Å². The van der Waals surface area contributed by atoms with Crippen LogP contribution in [0.3, 0.4) is 0 Å². The minimum Gasteiger partial charge on any atom is -0.480 e. The number of hydrogen-bond acceptors (Lipinski definition) is 8. The number of nitrogens with one attached hydrogen (secondary N) is 3. The van der Waals surface area contributed by atoms with Crippen LogP contribution in [-0.4, -0.2) is 77.9 Å². The van der Waals surface area contributed by atoms with Gasteiger partial charge in [0.2, 0.25) is 23.6 Å². The zero-order valence-corrected chi connectivity index (χ0v) is 18.5. The fourth-order valence-corrected chi connectivity index (χ4v) is 2.98. The smallest absolute Gasteiger partial charge is 0.326 e. The number of unbranched alkanes of at least 4 members (excludes halogenated alkanes) is 1. The molecule has 0 saturated heterocycles. The van der Waals surface area contributed by atoms with Gasteiger partial charge in [0.25, 0.3) is 0 Å². The van der Waals surface area contributed by atoms with Gasteiger partial charge in [0.05, 0.1) is 12.6 Å². The molecule has 13 heteroatoms. The Bertz CT molecular complexity index is 620. The number of amides is 4. The van der Waals surface area contributed by atoms with Crippen molar-refractivity contribution in [3.63, 3.8) is 0 Å². The molecule has 0 aliphatic carbocycles. The number of thioether (sulfide) groups is 1. The summed E-state index contributed by atoms with van der Waals surface area (Å²) in [5, 5.41) is 16.4. The number of nitrogens with two attached hydrogens (primary N) is 3. The van der Waals surface area contributed by atoms with Crippen LogP contribution in [0.1, 0.15) is 38.5 Å². The van der Waals surface area contributed by atoms with E-state index >= 15 is 0 Å². The van der Waals surface area contributed by atoms with Crippen molar-refractivity contribution in [1.29, 1.82) is 0 Å². The largest absolute Gasteiger partial charge is 0.480 e. The maximum absolute atomic E-state index is 12.5. The van der Waals surface area contributed by atoms with Crippen LogP contribution in [0, 0.1) is 0 Å². The standard InChI is InChI=1S/C18H34N6O6S/c1-31-9-7-13(18(29)30)24-17(28)12(5-6-14(21)25)23-15(26)10-22-16(27)11(20)4-2-3-8-19/h11-13H,2-10,19-20H2,1H3,(H2,21,25)(H,22,27)(H,23,26)(H,24,28)(H,29,30). The van der Waals surface area contributed by atoms with Gasteiger partial charge in [-0.05, 0) is 44.2 Å². The highest BCUT2D eigenvalue weighted by molar-refractivity contribution is 7.98. The molecule has 0 saturated carbocycles. The number of carboxylic acid groups (broad SMARTS) is 1. The van der Waals surface area contributed by atoms with E-state index in [4.69, 9.17) is 17.2 Å². The minimum atomic E-state index is -1.21. The molecule has 12 nitrogen and oxygen atoms in total. The Balaban J connectivity index is 4.84. The second-order valence-corrected chi connectivity index (χ2v) is 7.90. The zero-order chi connectivity index (χ0) is 23.8. The molecular formula is C18H34N6O6S. The lowest BCUT2D eigenvalue weighted by atomic mass is 10.1. The summed E-state index contributed by atoms with van der Waals surface area (Å²) in [5.41, 5.74) is 16.2. The summed E-state index contributed by atoms with van der Waals surface area (Å²) >= 11 is 1.42. The van der Waals surface area contributed by atoms with E-state index in [1.165, 1.54) is 11.8 Å². The Morgan fingerprint density at radius 1 is 0.968 bits per heavy atom. The van der Waals surface area contributed by atoms with E-state index in [9.17, 15) is 29.1 Å². The van der Waals surface area contributed by atoms with E-state index in [-0.39, 0.29) is 19.3 Å². The van der Waals surface area contributed by atoms with Crippen molar-refractivity contribution in [2.45, 2.75) is 56.7 Å². The fraction of sp³-hybridized carbons (Fsp3) is 0.722. The summed E-state index contributed by atoms with van der Waals surface area (Å²) in [6.07, 6.45) is 3.50. The zero-order valence-electron chi connectivity index (χ0n) is 17.7. The van der Waals surface area contributed by atoms with Crippen LogP contribution in [0.15, 0.2) is 0 Å². The molecular weight excluding hydrogens is 428 g/mol. The van der Waals surface area contributed by atoms with Crippen molar-refractivity contribution in [2.24, 2.45) is 17.2 Å². The number of primary amides is 1. The first-order valence-corrected chi connectivity index (χ1v) is 11.3. The molecule has 0 heterocycles. The van der Waals surface area contributed by atoms with E-state index in [2.05, 4.69) is 16.0 Å². The molecule has 0 radical (unpaired) electrons. The van der Waals surface area contributed by atoms with Crippen LogP contribution in [0.5, 0.6) is 0 Å². The molecule has 3 unspecified atom stereocenters. The molecule has 3 atom stereocenters. The van der Waals surface area contributed by atoms with Gasteiger partial charge in [0.15, 0.2) is 0 Å². The summed E-state index contributed by atoms with van der Waals surface area (Å²) in [6.45, 7) is 0.0596. The molecule has 0 bridgehead atoms. The third kappa shape index (κ3) is 13.5. The molecule has 0 aliphatic heterocycles. The quantitative estimate of drug-likeness (QED) is 0.115. The molecule has 0 fully saturated rings. The van der Waals surface area contributed by atoms with Gasteiger partial charge in [-0.15, -0.1) is 0 Å². The third-order valence-electron chi connectivity index (χ3n) is 4.29. The molecule has 0 aromatic rings. The van der Waals surface area contributed by atoms with E-state index in [0.29, 0.717) is 25.1 Å². The third-order valence-corrected chi connectivity index (χ3v) is 4.93. The number of carbonyl (C=O) groups excluding carboxylic acids is 4. The summed E-state index contributed by atoms with van der Waals surface area (Å²) in [5.74, 6) is -3.35. The van der Waals surface area contributed by atoms with Crippen LogP contribution in [0.25, 0.3) is 0 Å². The van der Waals surface area contributed by atoms with Crippen molar-refractivity contribution in [2.75, 3.05) is 25.1 Å². The lowest BCUT2D eigenvalue weighted by Crippen LogP contribution is -2.54. The second kappa shape index (κ2) is 16.3. The molecule has 0 rings (SSSR count). The topological polar surface area (TPSA) is 220 Å². The number of carbonyl (C=O) groups is 5. The van der Waals surface area contributed by atoms with Crippen molar-refractivity contribution in [3.05, 3.63) is 0 Å². The van der Waals surface area contributed by atoms with E-state index in [1.54, 1.807) is 6.26 Å². The van der Waals surface area contributed by atoms with Gasteiger partial charge in [-0.25, -0.2) is 4.79 Å². The fourth-order valence-electron chi connectivity index (χ4n) is 2.50. The van der Waals surface area contributed by atoms with Gasteiger partial charge in [-0.1, -0.05) is 6.42 Å². The normalized spacial score (nSPS) is 13.5. The van der Waals surface area contributed by atoms with Crippen LogP contribution >= 0.6 is 11.8 Å². The molecule has 10 N–H and O–H groups in total. The van der Waals surface area contributed by atoms with Crippen molar-refractivity contribution in [1.82, 2.24) is 16.0 Å². The van der Waals surface area contributed by atoms with Gasteiger partial charge < -0.3 is 38.3 Å². The molecule has 0 spiro atoms. The van der Waals surface area contributed by atoms with Crippen LogP contribution in [-0.2, 0) is 24.0 Å². The first-order chi connectivity index (χ1) is 14.6. The van der Waals surface area contributed by atoms with E-state index in [1.807, 2.05) is 0 Å². The number of aliphatic carboxylic acids is 1. The molecule has 4 amide bonds.